The highest BCUT2D eigenvalue weighted by Gasteiger charge is 2.07. The molecule has 2 N–H and O–H groups in total. The van der Waals surface area contributed by atoms with Crippen LogP contribution in [0.3, 0.4) is 0 Å². The molecule has 0 aliphatic carbocycles. The van der Waals surface area contributed by atoms with E-state index in [0.717, 1.165) is 0 Å². The molecule has 0 saturated heterocycles. The van der Waals surface area contributed by atoms with E-state index in [-0.39, 0.29) is 5.82 Å². The molecule has 1 heterocycles. The highest BCUT2D eigenvalue weighted by Crippen LogP contribution is 2.14. The van der Waals surface area contributed by atoms with Crippen molar-refractivity contribution in [3.63, 3.8) is 0 Å². The fraction of sp³-hybridized carbons (Fsp3) is 0. The van der Waals surface area contributed by atoms with Gasteiger partial charge >= 0.3 is 6.03 Å². The van der Waals surface area contributed by atoms with Crippen molar-refractivity contribution in [3.05, 3.63) is 53.2 Å². The van der Waals surface area contributed by atoms with E-state index in [1.54, 1.807) is 36.4 Å². The van der Waals surface area contributed by atoms with E-state index in [9.17, 15) is 4.79 Å². The molecule has 1 aromatic carbocycles. The molecule has 0 aliphatic heterocycles. The Hall–Kier alpha value is -2.58. The summed E-state index contributed by atoms with van der Waals surface area (Å²) in [5.41, 5.74) is 0.894. The van der Waals surface area contributed by atoms with Crippen molar-refractivity contribution in [1.29, 1.82) is 5.26 Å². The molecule has 0 atom stereocenters. The van der Waals surface area contributed by atoms with Gasteiger partial charge in [0.1, 0.15) is 6.07 Å². The molecule has 0 spiro atoms. The van der Waals surface area contributed by atoms with Gasteiger partial charge in [-0.15, -0.1) is 0 Å². The predicted octanol–water partition coefficient (Wildman–Crippen LogP) is 3.25. The van der Waals surface area contributed by atoms with Gasteiger partial charge in [0.2, 0.25) is 0 Å². The number of anilines is 2. The second-order valence-electron chi connectivity index (χ2n) is 3.60. The number of carbonyl (C=O) groups excluding carboxylic acids is 1. The number of benzene rings is 1. The topological polar surface area (TPSA) is 77.8 Å². The molecule has 0 aliphatic rings. The Morgan fingerprint density at radius 2 is 1.95 bits per heavy atom. The predicted molar refractivity (Wildman–Crippen MR) is 73.0 cm³/mol. The molecule has 0 radical (unpaired) electrons. The van der Waals surface area contributed by atoms with Crippen molar-refractivity contribution in [2.24, 2.45) is 0 Å². The van der Waals surface area contributed by atoms with Crippen molar-refractivity contribution < 1.29 is 4.79 Å². The van der Waals surface area contributed by atoms with Crippen molar-refractivity contribution in [2.45, 2.75) is 0 Å². The first-order valence-electron chi connectivity index (χ1n) is 5.38. The molecule has 0 saturated carbocycles. The van der Waals surface area contributed by atoms with E-state index in [2.05, 4.69) is 15.6 Å². The molecule has 19 heavy (non-hydrogen) atoms. The summed E-state index contributed by atoms with van der Waals surface area (Å²) in [7, 11) is 0. The van der Waals surface area contributed by atoms with E-state index in [1.165, 1.54) is 6.20 Å². The number of pyridine rings is 1. The first kappa shape index (κ1) is 12.9. The third-order valence-corrected chi connectivity index (χ3v) is 2.51. The number of nitriles is 1. The fourth-order valence-electron chi connectivity index (χ4n) is 1.40. The quantitative estimate of drug-likeness (QED) is 0.881. The van der Waals surface area contributed by atoms with Crippen molar-refractivity contribution >= 4 is 29.1 Å². The zero-order valence-electron chi connectivity index (χ0n) is 9.72. The standard InChI is InChI=1S/C13H9ClN4O/c14-10-3-5-11(6-4-10)17-13(19)18-12-9(8-15)2-1-7-16-12/h1-7H,(H2,16,17,18,19). The molecule has 5 nitrogen and oxygen atoms in total. The van der Waals surface area contributed by atoms with Gasteiger partial charge in [0.05, 0.1) is 5.56 Å². The van der Waals surface area contributed by atoms with Gasteiger partial charge < -0.3 is 5.32 Å². The summed E-state index contributed by atoms with van der Waals surface area (Å²) in [5, 5.41) is 14.6. The van der Waals surface area contributed by atoms with Crippen LogP contribution in [0.5, 0.6) is 0 Å². The third-order valence-electron chi connectivity index (χ3n) is 2.26. The molecule has 2 aromatic rings. The van der Waals surface area contributed by atoms with Crippen LogP contribution in [0.25, 0.3) is 0 Å². The summed E-state index contributed by atoms with van der Waals surface area (Å²) in [5.74, 6) is 0.219. The SMILES string of the molecule is N#Cc1cccnc1NC(=O)Nc1ccc(Cl)cc1. The Morgan fingerprint density at radius 1 is 1.21 bits per heavy atom. The van der Waals surface area contributed by atoms with E-state index < -0.39 is 6.03 Å². The summed E-state index contributed by atoms with van der Waals surface area (Å²) in [6, 6.07) is 11.4. The van der Waals surface area contributed by atoms with Crippen LogP contribution in [0.1, 0.15) is 5.56 Å². The summed E-state index contributed by atoms with van der Waals surface area (Å²) >= 11 is 5.74. The van der Waals surface area contributed by atoms with Gasteiger partial charge in [0.25, 0.3) is 0 Å². The Bertz CT molecular complexity index is 634. The van der Waals surface area contributed by atoms with Gasteiger partial charge in [-0.05, 0) is 36.4 Å². The van der Waals surface area contributed by atoms with Gasteiger partial charge in [-0.1, -0.05) is 11.6 Å². The highest BCUT2D eigenvalue weighted by atomic mass is 35.5. The minimum Gasteiger partial charge on any atom is -0.308 e. The molecule has 6 heteroatoms. The van der Waals surface area contributed by atoms with Crippen LogP contribution in [0.2, 0.25) is 5.02 Å². The molecule has 0 fully saturated rings. The minimum atomic E-state index is -0.475. The van der Waals surface area contributed by atoms with Crippen molar-refractivity contribution in [3.8, 4) is 6.07 Å². The molecule has 94 valence electrons. The van der Waals surface area contributed by atoms with E-state index in [4.69, 9.17) is 16.9 Å². The Morgan fingerprint density at radius 3 is 2.63 bits per heavy atom. The highest BCUT2D eigenvalue weighted by molar-refractivity contribution is 6.30. The van der Waals surface area contributed by atoms with Gasteiger partial charge in [-0.3, -0.25) is 5.32 Å². The third kappa shape index (κ3) is 3.44. The monoisotopic (exact) mass is 272 g/mol. The van der Waals surface area contributed by atoms with Gasteiger partial charge in [0.15, 0.2) is 5.82 Å². The maximum Gasteiger partial charge on any atom is 0.324 e. The van der Waals surface area contributed by atoms with E-state index in [0.29, 0.717) is 16.3 Å². The average Bonchev–Trinajstić information content (AvgIpc) is 2.42. The summed E-state index contributed by atoms with van der Waals surface area (Å²) < 4.78 is 0. The van der Waals surface area contributed by atoms with Crippen LogP contribution in [0.4, 0.5) is 16.3 Å². The zero-order chi connectivity index (χ0) is 13.7. The zero-order valence-corrected chi connectivity index (χ0v) is 10.5. The maximum atomic E-state index is 11.7. The molecule has 1 aromatic heterocycles. The van der Waals surface area contributed by atoms with Crippen LogP contribution >= 0.6 is 11.6 Å². The number of amides is 2. The first-order valence-corrected chi connectivity index (χ1v) is 5.75. The minimum absolute atomic E-state index is 0.219. The van der Waals surface area contributed by atoms with Gasteiger partial charge in [-0.25, -0.2) is 9.78 Å². The number of halogens is 1. The summed E-state index contributed by atoms with van der Waals surface area (Å²) in [4.78, 5) is 15.7. The first-order chi connectivity index (χ1) is 9.19. The maximum absolute atomic E-state index is 11.7. The van der Waals surface area contributed by atoms with Crippen LogP contribution < -0.4 is 10.6 Å². The van der Waals surface area contributed by atoms with Crippen LogP contribution in [0.15, 0.2) is 42.6 Å². The number of carbonyl (C=O) groups is 1. The number of hydrogen-bond acceptors (Lipinski definition) is 3. The van der Waals surface area contributed by atoms with E-state index in [1.807, 2.05) is 6.07 Å². The summed E-state index contributed by atoms with van der Waals surface area (Å²) in [6.45, 7) is 0. The number of nitrogens with zero attached hydrogens (tertiary/aromatic N) is 2. The largest absolute Gasteiger partial charge is 0.324 e. The summed E-state index contributed by atoms with van der Waals surface area (Å²) in [6.07, 6.45) is 1.50. The normalized spacial score (nSPS) is 9.47. The molecular formula is C13H9ClN4O. The number of hydrogen-bond donors (Lipinski definition) is 2. The Labute approximate surface area is 114 Å². The fourth-order valence-corrected chi connectivity index (χ4v) is 1.52. The molecule has 0 unspecified atom stereocenters. The van der Waals surface area contributed by atoms with Gasteiger partial charge in [0, 0.05) is 16.9 Å². The average molecular weight is 273 g/mol. The van der Waals surface area contributed by atoms with Crippen LogP contribution in [-0.2, 0) is 0 Å². The molecule has 2 rings (SSSR count). The number of rotatable bonds is 2. The second kappa shape index (κ2) is 5.85. The van der Waals surface area contributed by atoms with Crippen LogP contribution in [0, 0.1) is 11.3 Å². The lowest BCUT2D eigenvalue weighted by molar-refractivity contribution is 0.262. The second-order valence-corrected chi connectivity index (χ2v) is 4.03. The van der Waals surface area contributed by atoms with Gasteiger partial charge in [-0.2, -0.15) is 5.26 Å². The lowest BCUT2D eigenvalue weighted by Gasteiger charge is -2.07. The number of urea groups is 1. The van der Waals surface area contributed by atoms with E-state index >= 15 is 0 Å². The molecule has 0 bridgehead atoms. The molecule has 2 amide bonds. The number of nitrogens with one attached hydrogen (secondary N) is 2. The lowest BCUT2D eigenvalue weighted by atomic mass is 10.3. The molecular weight excluding hydrogens is 264 g/mol. The number of aromatic nitrogens is 1. The lowest BCUT2D eigenvalue weighted by Crippen LogP contribution is -2.20. The van der Waals surface area contributed by atoms with Crippen molar-refractivity contribution in [2.75, 3.05) is 10.6 Å². The smallest absolute Gasteiger partial charge is 0.308 e. The van der Waals surface area contributed by atoms with Crippen molar-refractivity contribution in [1.82, 2.24) is 4.98 Å². The van der Waals surface area contributed by atoms with Crippen LogP contribution in [-0.4, -0.2) is 11.0 Å². The Kier molecular flexibility index (Phi) is 3.96. The Balaban J connectivity index is 2.06.